The molecule has 27 heavy (non-hydrogen) atoms. The smallest absolute Gasteiger partial charge is 0.308 e. The SMILES string of the molecule is CCCC/C(=C\OCCOCCOCCOC(=O)C(CC)CCCC)CC. The summed E-state index contributed by atoms with van der Waals surface area (Å²) in [6.07, 6.45) is 10.4. The lowest BCUT2D eigenvalue weighted by Crippen LogP contribution is -2.20. The summed E-state index contributed by atoms with van der Waals surface area (Å²) in [6.45, 7) is 11.4. The minimum absolute atomic E-state index is 0.0255. The highest BCUT2D eigenvalue weighted by Gasteiger charge is 2.16. The zero-order valence-electron chi connectivity index (χ0n) is 18.1. The monoisotopic (exact) mass is 386 g/mol. The maximum atomic E-state index is 11.9. The number of rotatable bonds is 19. The Bertz CT molecular complexity index is 368. The van der Waals surface area contributed by atoms with E-state index in [9.17, 15) is 4.79 Å². The average molecular weight is 387 g/mol. The Labute approximate surface area is 166 Å². The number of hydrogen-bond acceptors (Lipinski definition) is 5. The van der Waals surface area contributed by atoms with Gasteiger partial charge in [-0.3, -0.25) is 4.79 Å². The van der Waals surface area contributed by atoms with E-state index in [0.717, 1.165) is 38.5 Å². The summed E-state index contributed by atoms with van der Waals surface area (Å²) in [5, 5.41) is 0. The van der Waals surface area contributed by atoms with Crippen LogP contribution in [0.25, 0.3) is 0 Å². The van der Waals surface area contributed by atoms with Crippen LogP contribution in [-0.2, 0) is 23.7 Å². The van der Waals surface area contributed by atoms with Crippen LogP contribution in [0.4, 0.5) is 0 Å². The highest BCUT2D eigenvalue weighted by molar-refractivity contribution is 5.72. The van der Waals surface area contributed by atoms with Crippen molar-refractivity contribution in [2.45, 2.75) is 79.1 Å². The standard InChI is InChI=1S/C22H42O5/c1-5-9-11-20(7-3)19-26-16-15-24-13-14-25-17-18-27-22(23)21(8-4)12-10-6-2/h19,21H,5-18H2,1-4H3/b20-19-. The van der Waals surface area contributed by atoms with Crippen molar-refractivity contribution >= 4 is 5.97 Å². The molecule has 0 radical (unpaired) electrons. The molecule has 0 aliphatic carbocycles. The first-order valence-electron chi connectivity index (χ1n) is 10.8. The second-order valence-corrected chi connectivity index (χ2v) is 6.74. The van der Waals surface area contributed by atoms with Crippen LogP contribution >= 0.6 is 0 Å². The minimum Gasteiger partial charge on any atom is -0.499 e. The van der Waals surface area contributed by atoms with E-state index in [1.54, 1.807) is 0 Å². The Morgan fingerprint density at radius 1 is 0.852 bits per heavy atom. The lowest BCUT2D eigenvalue weighted by atomic mass is 10.00. The predicted octanol–water partition coefficient (Wildman–Crippen LogP) is 5.28. The number of hydrogen-bond donors (Lipinski definition) is 0. The molecule has 0 rings (SSSR count). The Morgan fingerprint density at radius 3 is 2.07 bits per heavy atom. The van der Waals surface area contributed by atoms with Gasteiger partial charge in [-0.1, -0.05) is 47.0 Å². The van der Waals surface area contributed by atoms with Crippen LogP contribution in [0, 0.1) is 5.92 Å². The van der Waals surface area contributed by atoms with Crippen molar-refractivity contribution in [2.75, 3.05) is 39.6 Å². The van der Waals surface area contributed by atoms with Crippen molar-refractivity contribution < 1.29 is 23.7 Å². The topological polar surface area (TPSA) is 54.0 Å². The van der Waals surface area contributed by atoms with Gasteiger partial charge in [0.15, 0.2) is 0 Å². The van der Waals surface area contributed by atoms with Gasteiger partial charge in [-0.05, 0) is 37.7 Å². The van der Waals surface area contributed by atoms with Gasteiger partial charge in [0.05, 0.1) is 38.6 Å². The molecule has 1 unspecified atom stereocenters. The van der Waals surface area contributed by atoms with Gasteiger partial charge in [-0.15, -0.1) is 0 Å². The Hall–Kier alpha value is -1.07. The van der Waals surface area contributed by atoms with Gasteiger partial charge in [0, 0.05) is 0 Å². The number of carbonyl (C=O) groups is 1. The van der Waals surface area contributed by atoms with Gasteiger partial charge < -0.3 is 18.9 Å². The number of ether oxygens (including phenoxy) is 4. The molecule has 0 fully saturated rings. The molecule has 0 saturated carbocycles. The molecule has 0 amide bonds. The Morgan fingerprint density at radius 2 is 1.48 bits per heavy atom. The molecular formula is C22H42O5. The average Bonchev–Trinajstić information content (AvgIpc) is 2.68. The van der Waals surface area contributed by atoms with Crippen molar-refractivity contribution in [3.05, 3.63) is 11.8 Å². The van der Waals surface area contributed by atoms with Crippen LogP contribution in [-0.4, -0.2) is 45.6 Å². The third kappa shape index (κ3) is 15.7. The lowest BCUT2D eigenvalue weighted by Gasteiger charge is -2.13. The molecule has 5 nitrogen and oxygen atoms in total. The zero-order valence-corrected chi connectivity index (χ0v) is 18.1. The molecule has 0 aliphatic heterocycles. The lowest BCUT2D eigenvalue weighted by molar-refractivity contribution is -0.150. The highest BCUT2D eigenvalue weighted by Crippen LogP contribution is 2.14. The van der Waals surface area contributed by atoms with E-state index in [0.29, 0.717) is 39.6 Å². The van der Waals surface area contributed by atoms with E-state index in [-0.39, 0.29) is 11.9 Å². The van der Waals surface area contributed by atoms with E-state index < -0.39 is 0 Å². The minimum atomic E-state index is -0.0959. The fraction of sp³-hybridized carbons (Fsp3) is 0.864. The molecule has 0 aliphatic rings. The molecule has 5 heteroatoms. The number of unbranched alkanes of at least 4 members (excludes halogenated alkanes) is 2. The van der Waals surface area contributed by atoms with Crippen LogP contribution in [0.5, 0.6) is 0 Å². The predicted molar refractivity (Wildman–Crippen MR) is 110 cm³/mol. The van der Waals surface area contributed by atoms with Gasteiger partial charge in [0.25, 0.3) is 0 Å². The fourth-order valence-electron chi connectivity index (χ4n) is 2.59. The fourth-order valence-corrected chi connectivity index (χ4v) is 2.59. The van der Waals surface area contributed by atoms with Gasteiger partial charge in [0.2, 0.25) is 0 Å². The second-order valence-electron chi connectivity index (χ2n) is 6.74. The summed E-state index contributed by atoms with van der Waals surface area (Å²) in [5.41, 5.74) is 1.36. The number of esters is 1. The summed E-state index contributed by atoms with van der Waals surface area (Å²) in [7, 11) is 0. The largest absolute Gasteiger partial charge is 0.499 e. The third-order valence-electron chi connectivity index (χ3n) is 4.48. The molecule has 1 atom stereocenters. The highest BCUT2D eigenvalue weighted by atomic mass is 16.6. The first-order chi connectivity index (χ1) is 13.2. The molecule has 160 valence electrons. The van der Waals surface area contributed by atoms with Gasteiger partial charge in [0.1, 0.15) is 13.2 Å². The molecule has 0 spiro atoms. The number of allylic oxidation sites excluding steroid dienone is 1. The molecule has 0 bridgehead atoms. The van der Waals surface area contributed by atoms with Crippen molar-refractivity contribution in [1.82, 2.24) is 0 Å². The normalized spacial score (nSPS) is 12.8. The van der Waals surface area contributed by atoms with E-state index in [1.807, 2.05) is 13.2 Å². The van der Waals surface area contributed by atoms with E-state index in [1.165, 1.54) is 18.4 Å². The van der Waals surface area contributed by atoms with Crippen molar-refractivity contribution in [2.24, 2.45) is 5.92 Å². The van der Waals surface area contributed by atoms with Crippen LogP contribution in [0.3, 0.4) is 0 Å². The van der Waals surface area contributed by atoms with Crippen molar-refractivity contribution in [3.63, 3.8) is 0 Å². The summed E-state index contributed by atoms with van der Waals surface area (Å²) in [5.74, 6) is -0.0704. The van der Waals surface area contributed by atoms with Crippen LogP contribution < -0.4 is 0 Å². The molecule has 0 aromatic heterocycles. The maximum absolute atomic E-state index is 11.9. The van der Waals surface area contributed by atoms with E-state index in [2.05, 4.69) is 20.8 Å². The quantitative estimate of drug-likeness (QED) is 0.172. The third-order valence-corrected chi connectivity index (χ3v) is 4.48. The van der Waals surface area contributed by atoms with Gasteiger partial charge in [-0.2, -0.15) is 0 Å². The second kappa shape index (κ2) is 19.7. The zero-order chi connectivity index (χ0) is 20.2. The molecule has 0 aromatic carbocycles. The Balaban J connectivity index is 3.51. The molecule has 0 saturated heterocycles. The summed E-state index contributed by atoms with van der Waals surface area (Å²) in [6, 6.07) is 0. The van der Waals surface area contributed by atoms with Gasteiger partial charge in [-0.25, -0.2) is 0 Å². The molecule has 0 aromatic rings. The molecule has 0 heterocycles. The summed E-state index contributed by atoms with van der Waals surface area (Å²) in [4.78, 5) is 11.9. The van der Waals surface area contributed by atoms with Crippen molar-refractivity contribution in [1.29, 1.82) is 0 Å². The molecular weight excluding hydrogens is 344 g/mol. The first kappa shape index (κ1) is 25.9. The van der Waals surface area contributed by atoms with Crippen LogP contribution in [0.2, 0.25) is 0 Å². The summed E-state index contributed by atoms with van der Waals surface area (Å²) < 4.78 is 21.7. The first-order valence-corrected chi connectivity index (χ1v) is 10.8. The van der Waals surface area contributed by atoms with Crippen LogP contribution in [0.15, 0.2) is 11.8 Å². The van der Waals surface area contributed by atoms with Crippen LogP contribution in [0.1, 0.15) is 79.1 Å². The number of carbonyl (C=O) groups excluding carboxylic acids is 1. The molecule has 0 N–H and O–H groups in total. The van der Waals surface area contributed by atoms with E-state index in [4.69, 9.17) is 18.9 Å². The Kier molecular flexibility index (Phi) is 18.9. The summed E-state index contributed by atoms with van der Waals surface area (Å²) >= 11 is 0. The van der Waals surface area contributed by atoms with E-state index >= 15 is 0 Å². The van der Waals surface area contributed by atoms with Gasteiger partial charge >= 0.3 is 5.97 Å². The van der Waals surface area contributed by atoms with Crippen molar-refractivity contribution in [3.8, 4) is 0 Å². The maximum Gasteiger partial charge on any atom is 0.308 e.